The molecule has 34 heavy (non-hydrogen) atoms. The van der Waals surface area contributed by atoms with Crippen LogP contribution < -0.4 is 9.47 Å². The van der Waals surface area contributed by atoms with Gasteiger partial charge in [0.15, 0.2) is 11.6 Å². The summed E-state index contributed by atoms with van der Waals surface area (Å²) in [6, 6.07) is 10.5. The summed E-state index contributed by atoms with van der Waals surface area (Å²) in [7, 11) is 0. The van der Waals surface area contributed by atoms with Gasteiger partial charge in [-0.15, -0.1) is 0 Å². The van der Waals surface area contributed by atoms with Crippen LogP contribution in [-0.4, -0.2) is 35.0 Å². The third-order valence-electron chi connectivity index (χ3n) is 5.03. The molecule has 2 heterocycles. The number of hydrogen-bond acceptors (Lipinski definition) is 7. The van der Waals surface area contributed by atoms with Gasteiger partial charge in [0.2, 0.25) is 11.6 Å². The molecule has 0 aliphatic carbocycles. The van der Waals surface area contributed by atoms with Crippen LogP contribution in [0.5, 0.6) is 11.5 Å². The van der Waals surface area contributed by atoms with Gasteiger partial charge >= 0.3 is 0 Å². The first kappa shape index (κ1) is 25.7. The standard InChI is InChI=1S/C12H13BrO3.C12H13N3O3/c1-12(2)15-7-9-5-8(10(14)6-13)3-4-11(9)16-12;1-12(2)17-7-9-5-8(3-4-11(9)18-12)10(16)6-14-15-13/h3-5H,6-7H2,1-2H3;3-5H,6-7H2,1-2H3. The van der Waals surface area contributed by atoms with Crippen LogP contribution in [0.15, 0.2) is 41.5 Å². The van der Waals surface area contributed by atoms with Crippen molar-refractivity contribution in [1.29, 1.82) is 0 Å². The van der Waals surface area contributed by atoms with Gasteiger partial charge in [0, 0.05) is 54.9 Å². The molecule has 9 nitrogen and oxygen atoms in total. The molecule has 0 N–H and O–H groups in total. The summed E-state index contributed by atoms with van der Waals surface area (Å²) in [4.78, 5) is 25.7. The van der Waals surface area contributed by atoms with Crippen LogP contribution in [0.2, 0.25) is 0 Å². The molecule has 2 aromatic carbocycles. The third-order valence-corrected chi connectivity index (χ3v) is 5.54. The van der Waals surface area contributed by atoms with E-state index < -0.39 is 11.6 Å². The number of ether oxygens (including phenoxy) is 4. The quantitative estimate of drug-likeness (QED) is 0.159. The number of benzene rings is 2. The van der Waals surface area contributed by atoms with Gasteiger partial charge in [-0.05, 0) is 41.9 Å². The van der Waals surface area contributed by atoms with Gasteiger partial charge in [-0.25, -0.2) is 0 Å². The topological polar surface area (TPSA) is 120 Å². The van der Waals surface area contributed by atoms with E-state index in [1.165, 1.54) is 0 Å². The van der Waals surface area contributed by atoms with Crippen LogP contribution >= 0.6 is 15.9 Å². The van der Waals surface area contributed by atoms with E-state index in [1.807, 2.05) is 39.8 Å². The highest BCUT2D eigenvalue weighted by molar-refractivity contribution is 9.09. The highest BCUT2D eigenvalue weighted by Crippen LogP contribution is 2.32. The Labute approximate surface area is 206 Å². The number of carbonyl (C=O) groups is 2. The lowest BCUT2D eigenvalue weighted by Gasteiger charge is -2.32. The van der Waals surface area contributed by atoms with Crippen molar-refractivity contribution in [1.82, 2.24) is 0 Å². The second-order valence-corrected chi connectivity index (χ2v) is 9.16. The summed E-state index contributed by atoms with van der Waals surface area (Å²) in [5.41, 5.74) is 11.1. The zero-order valence-electron chi connectivity index (χ0n) is 19.5. The number of fused-ring (bicyclic) bond motifs is 2. The number of hydrogen-bond donors (Lipinski definition) is 0. The first-order valence-electron chi connectivity index (χ1n) is 10.6. The molecule has 0 saturated carbocycles. The molecule has 0 aromatic heterocycles. The number of ketones is 2. The molecular weight excluding hydrogens is 506 g/mol. The Morgan fingerprint density at radius 2 is 1.38 bits per heavy atom. The molecule has 0 saturated heterocycles. The van der Waals surface area contributed by atoms with Gasteiger partial charge < -0.3 is 18.9 Å². The van der Waals surface area contributed by atoms with Crippen molar-refractivity contribution < 1.29 is 28.5 Å². The monoisotopic (exact) mass is 531 g/mol. The van der Waals surface area contributed by atoms with Crippen molar-refractivity contribution in [2.45, 2.75) is 52.5 Å². The fourth-order valence-corrected chi connectivity index (χ4v) is 3.61. The van der Waals surface area contributed by atoms with Crippen LogP contribution in [-0.2, 0) is 22.7 Å². The lowest BCUT2D eigenvalue weighted by Crippen LogP contribution is -2.35. The molecule has 0 spiro atoms. The number of alkyl halides is 1. The Balaban J connectivity index is 0.000000192. The fourth-order valence-electron chi connectivity index (χ4n) is 3.29. The van der Waals surface area contributed by atoms with Crippen molar-refractivity contribution in [3.05, 3.63) is 69.1 Å². The van der Waals surface area contributed by atoms with Gasteiger partial charge in [0.1, 0.15) is 11.5 Å². The Morgan fingerprint density at radius 3 is 1.82 bits per heavy atom. The average Bonchev–Trinajstić information content (AvgIpc) is 2.80. The molecule has 180 valence electrons. The third kappa shape index (κ3) is 6.57. The Kier molecular flexibility index (Phi) is 7.99. The highest BCUT2D eigenvalue weighted by atomic mass is 79.9. The summed E-state index contributed by atoms with van der Waals surface area (Å²) in [5.74, 6) is 0.111. The van der Waals surface area contributed by atoms with Crippen LogP contribution in [0, 0.1) is 0 Å². The number of halogens is 1. The van der Waals surface area contributed by atoms with Crippen LogP contribution in [0.3, 0.4) is 0 Å². The van der Waals surface area contributed by atoms with E-state index in [0.29, 0.717) is 35.4 Å². The van der Waals surface area contributed by atoms with E-state index in [9.17, 15) is 9.59 Å². The molecule has 2 aromatic rings. The minimum absolute atomic E-state index is 0.0626. The Hall–Kier alpha value is -2.91. The van der Waals surface area contributed by atoms with Gasteiger partial charge in [-0.3, -0.25) is 9.59 Å². The molecule has 0 atom stereocenters. The minimum atomic E-state index is -0.649. The van der Waals surface area contributed by atoms with E-state index >= 15 is 0 Å². The van der Waals surface area contributed by atoms with Crippen LogP contribution in [0.1, 0.15) is 59.5 Å². The molecule has 0 radical (unpaired) electrons. The van der Waals surface area contributed by atoms with Gasteiger partial charge in [0.05, 0.1) is 25.1 Å². The fraction of sp³-hybridized carbons (Fsp3) is 0.417. The summed E-state index contributed by atoms with van der Waals surface area (Å²) >= 11 is 3.15. The summed E-state index contributed by atoms with van der Waals surface area (Å²) in [6.45, 7) is 8.09. The number of rotatable bonds is 5. The van der Waals surface area contributed by atoms with E-state index in [2.05, 4.69) is 26.0 Å². The molecule has 10 heteroatoms. The van der Waals surface area contributed by atoms with Gasteiger partial charge in [-0.2, -0.15) is 0 Å². The summed E-state index contributed by atoms with van der Waals surface area (Å²) in [5, 5.41) is 3.58. The maximum Gasteiger partial charge on any atom is 0.205 e. The zero-order valence-corrected chi connectivity index (χ0v) is 21.0. The van der Waals surface area contributed by atoms with E-state index in [1.54, 1.807) is 24.3 Å². The molecule has 4 rings (SSSR count). The predicted octanol–water partition coefficient (Wildman–Crippen LogP) is 5.73. The first-order chi connectivity index (χ1) is 16.0. The lowest BCUT2D eigenvalue weighted by molar-refractivity contribution is -0.180. The number of nitrogens with zero attached hydrogens (tertiary/aromatic N) is 3. The smallest absolute Gasteiger partial charge is 0.205 e. The Morgan fingerprint density at radius 1 is 0.912 bits per heavy atom. The highest BCUT2D eigenvalue weighted by Gasteiger charge is 2.28. The van der Waals surface area contributed by atoms with Gasteiger partial charge in [-0.1, -0.05) is 21.0 Å². The molecule has 0 bridgehead atoms. The van der Waals surface area contributed by atoms with Gasteiger partial charge in [0.25, 0.3) is 0 Å². The number of Topliss-reactive ketones (excluding diaryl/α,β-unsaturated/α-hetero) is 2. The molecule has 2 aliphatic rings. The maximum absolute atomic E-state index is 11.7. The minimum Gasteiger partial charge on any atom is -0.463 e. The normalized spacial score (nSPS) is 16.7. The molecule has 0 fully saturated rings. The number of azide groups is 1. The SMILES string of the molecule is CC1(C)OCc2cc(C(=O)CBr)ccc2O1.CC1(C)OCc2cc(C(=O)CN=[N+]=[N-])ccc2O1. The zero-order chi connectivity index (χ0) is 24.9. The van der Waals surface area contributed by atoms with Crippen molar-refractivity contribution in [2.75, 3.05) is 11.9 Å². The first-order valence-corrected chi connectivity index (χ1v) is 11.7. The van der Waals surface area contributed by atoms with Crippen molar-refractivity contribution in [3.63, 3.8) is 0 Å². The second kappa shape index (κ2) is 10.6. The van der Waals surface area contributed by atoms with Crippen LogP contribution in [0.25, 0.3) is 10.4 Å². The van der Waals surface area contributed by atoms with E-state index in [-0.39, 0.29) is 18.1 Å². The maximum atomic E-state index is 11.7. The second-order valence-electron chi connectivity index (χ2n) is 8.60. The number of carbonyl (C=O) groups excluding carboxylic acids is 2. The van der Waals surface area contributed by atoms with E-state index in [4.69, 9.17) is 24.5 Å². The molecular formula is C24H26BrN3O6. The molecule has 0 amide bonds. The summed E-state index contributed by atoms with van der Waals surface area (Å²) < 4.78 is 22.3. The van der Waals surface area contributed by atoms with Crippen molar-refractivity contribution >= 4 is 27.5 Å². The van der Waals surface area contributed by atoms with Crippen molar-refractivity contribution in [2.24, 2.45) is 5.11 Å². The molecule has 2 aliphatic heterocycles. The summed E-state index contributed by atoms with van der Waals surface area (Å²) in [6.07, 6.45) is 0. The van der Waals surface area contributed by atoms with Crippen molar-refractivity contribution in [3.8, 4) is 11.5 Å². The molecule has 0 unspecified atom stereocenters. The van der Waals surface area contributed by atoms with Crippen LogP contribution in [0.4, 0.5) is 0 Å². The Bertz CT molecular complexity index is 1140. The van der Waals surface area contributed by atoms with E-state index in [0.717, 1.165) is 16.9 Å². The average molecular weight is 532 g/mol. The largest absolute Gasteiger partial charge is 0.463 e. The lowest BCUT2D eigenvalue weighted by atomic mass is 10.1. The predicted molar refractivity (Wildman–Crippen MR) is 128 cm³/mol.